The Morgan fingerprint density at radius 2 is 2.07 bits per heavy atom. The molecule has 0 spiro atoms. The second-order valence-electron chi connectivity index (χ2n) is 3.08. The fourth-order valence-corrected chi connectivity index (χ4v) is 1.87. The zero-order chi connectivity index (χ0) is 11.1. The van der Waals surface area contributed by atoms with Crippen LogP contribution in [0.2, 0.25) is 0 Å². The molecular weight excluding hydrogens is 212 g/mol. The van der Waals surface area contributed by atoms with E-state index in [1.54, 1.807) is 0 Å². The van der Waals surface area contributed by atoms with Crippen LogP contribution in [0.15, 0.2) is 12.1 Å². The zero-order valence-electron chi connectivity index (χ0n) is 9.12. The third-order valence-corrected chi connectivity index (χ3v) is 2.87. The molecule has 0 bridgehead atoms. The third kappa shape index (κ3) is 4.55. The molecule has 84 valence electrons. The highest BCUT2D eigenvalue weighted by atomic mass is 32.1. The van der Waals surface area contributed by atoms with Gasteiger partial charge in [0.1, 0.15) is 6.61 Å². The van der Waals surface area contributed by atoms with E-state index in [0.29, 0.717) is 19.8 Å². The number of carbonyl (C=O) groups is 1. The summed E-state index contributed by atoms with van der Waals surface area (Å²) < 4.78 is 10.3. The normalized spacial score (nSPS) is 10.5. The van der Waals surface area contributed by atoms with Gasteiger partial charge in [-0.25, -0.2) is 0 Å². The van der Waals surface area contributed by atoms with E-state index in [0.717, 1.165) is 9.75 Å². The van der Waals surface area contributed by atoms with Crippen LogP contribution in [0.4, 0.5) is 0 Å². The lowest BCUT2D eigenvalue weighted by Gasteiger charge is -2.02. The Balaban J connectivity index is 2.19. The molecule has 1 rings (SSSR count). The molecule has 0 aliphatic heterocycles. The number of carbonyl (C=O) groups excluding carboxylic acids is 1. The van der Waals surface area contributed by atoms with E-state index in [1.807, 2.05) is 26.0 Å². The SMILES string of the molecule is CCOCCOCC(=O)c1ccc(C)s1. The molecule has 3 nitrogen and oxygen atoms in total. The summed E-state index contributed by atoms with van der Waals surface area (Å²) in [7, 11) is 0. The lowest BCUT2D eigenvalue weighted by atomic mass is 10.3. The minimum atomic E-state index is 0.0459. The van der Waals surface area contributed by atoms with Gasteiger partial charge in [-0.05, 0) is 26.0 Å². The van der Waals surface area contributed by atoms with Crippen LogP contribution in [0.5, 0.6) is 0 Å². The van der Waals surface area contributed by atoms with E-state index in [-0.39, 0.29) is 12.4 Å². The van der Waals surface area contributed by atoms with Crippen LogP contribution in [-0.2, 0) is 9.47 Å². The summed E-state index contributed by atoms with van der Waals surface area (Å²) >= 11 is 1.50. The van der Waals surface area contributed by atoms with Gasteiger partial charge in [-0.1, -0.05) is 0 Å². The van der Waals surface area contributed by atoms with E-state index in [1.165, 1.54) is 11.3 Å². The standard InChI is InChI=1S/C11H16O3S/c1-3-13-6-7-14-8-10(12)11-5-4-9(2)15-11/h4-5H,3,6-8H2,1-2H3. The van der Waals surface area contributed by atoms with Crippen LogP contribution in [0.3, 0.4) is 0 Å². The first-order chi connectivity index (χ1) is 7.24. The minimum absolute atomic E-state index is 0.0459. The number of hydrogen-bond acceptors (Lipinski definition) is 4. The number of thiophene rings is 1. The van der Waals surface area contributed by atoms with Gasteiger partial charge in [0.15, 0.2) is 5.78 Å². The molecule has 1 aromatic heterocycles. The predicted molar refractivity (Wildman–Crippen MR) is 60.7 cm³/mol. The lowest BCUT2D eigenvalue weighted by Crippen LogP contribution is -2.11. The van der Waals surface area contributed by atoms with Crippen molar-refractivity contribution in [1.29, 1.82) is 0 Å². The molecule has 4 heteroatoms. The summed E-state index contributed by atoms with van der Waals surface area (Å²) in [6.07, 6.45) is 0. The van der Waals surface area contributed by atoms with Crippen LogP contribution in [0.1, 0.15) is 21.5 Å². The highest BCUT2D eigenvalue weighted by Gasteiger charge is 2.07. The maximum absolute atomic E-state index is 11.5. The molecule has 0 aliphatic carbocycles. The van der Waals surface area contributed by atoms with E-state index in [4.69, 9.17) is 9.47 Å². The first-order valence-corrected chi connectivity index (χ1v) is 5.80. The lowest BCUT2D eigenvalue weighted by molar-refractivity contribution is 0.0477. The average molecular weight is 228 g/mol. The monoisotopic (exact) mass is 228 g/mol. The van der Waals surface area contributed by atoms with Gasteiger partial charge in [-0.2, -0.15) is 0 Å². The summed E-state index contributed by atoms with van der Waals surface area (Å²) in [5.41, 5.74) is 0. The zero-order valence-corrected chi connectivity index (χ0v) is 9.93. The Kier molecular flexibility index (Phi) is 5.53. The molecule has 0 saturated heterocycles. The molecule has 0 radical (unpaired) electrons. The highest BCUT2D eigenvalue weighted by molar-refractivity contribution is 7.14. The second-order valence-corrected chi connectivity index (χ2v) is 4.37. The molecule has 15 heavy (non-hydrogen) atoms. The van der Waals surface area contributed by atoms with Crippen LogP contribution in [0.25, 0.3) is 0 Å². The van der Waals surface area contributed by atoms with Crippen LogP contribution in [-0.4, -0.2) is 32.2 Å². The molecule has 0 saturated carbocycles. The summed E-state index contributed by atoms with van der Waals surface area (Å²) in [6, 6.07) is 3.78. The van der Waals surface area contributed by atoms with Gasteiger partial charge < -0.3 is 9.47 Å². The molecule has 0 aromatic carbocycles. The Labute approximate surface area is 94.0 Å². The van der Waals surface area contributed by atoms with Crippen molar-refractivity contribution >= 4 is 17.1 Å². The summed E-state index contributed by atoms with van der Waals surface area (Å²) in [4.78, 5) is 13.4. The van der Waals surface area contributed by atoms with Crippen molar-refractivity contribution in [2.75, 3.05) is 26.4 Å². The largest absolute Gasteiger partial charge is 0.379 e. The van der Waals surface area contributed by atoms with Gasteiger partial charge in [0.25, 0.3) is 0 Å². The fourth-order valence-electron chi connectivity index (χ4n) is 1.08. The van der Waals surface area contributed by atoms with E-state index < -0.39 is 0 Å². The number of rotatable bonds is 7. The van der Waals surface area contributed by atoms with Crippen LogP contribution >= 0.6 is 11.3 Å². The quantitative estimate of drug-likeness (QED) is 0.530. The molecular formula is C11H16O3S. The maximum atomic E-state index is 11.5. The first-order valence-electron chi connectivity index (χ1n) is 4.99. The highest BCUT2D eigenvalue weighted by Crippen LogP contribution is 2.15. The predicted octanol–water partition coefficient (Wildman–Crippen LogP) is 2.29. The molecule has 0 amide bonds. The van der Waals surface area contributed by atoms with Gasteiger partial charge in [-0.15, -0.1) is 11.3 Å². The van der Waals surface area contributed by atoms with Gasteiger partial charge in [0.2, 0.25) is 0 Å². The molecule has 0 atom stereocenters. The molecule has 0 N–H and O–H groups in total. The van der Waals surface area contributed by atoms with Crippen molar-refractivity contribution in [3.8, 4) is 0 Å². The molecule has 1 heterocycles. The smallest absolute Gasteiger partial charge is 0.198 e. The number of aryl methyl sites for hydroxylation is 1. The molecule has 0 aliphatic rings. The number of ether oxygens (including phenoxy) is 2. The van der Waals surface area contributed by atoms with E-state index in [9.17, 15) is 4.79 Å². The van der Waals surface area contributed by atoms with Crippen molar-refractivity contribution in [1.82, 2.24) is 0 Å². The molecule has 0 unspecified atom stereocenters. The van der Waals surface area contributed by atoms with Gasteiger partial charge >= 0.3 is 0 Å². The van der Waals surface area contributed by atoms with Gasteiger partial charge in [0.05, 0.1) is 18.1 Å². The summed E-state index contributed by atoms with van der Waals surface area (Å²) in [5, 5.41) is 0. The van der Waals surface area contributed by atoms with E-state index >= 15 is 0 Å². The Morgan fingerprint density at radius 3 is 2.67 bits per heavy atom. The molecule has 0 fully saturated rings. The third-order valence-electron chi connectivity index (χ3n) is 1.82. The maximum Gasteiger partial charge on any atom is 0.198 e. The Bertz CT molecular complexity index is 307. The van der Waals surface area contributed by atoms with Gasteiger partial charge in [0, 0.05) is 11.5 Å². The fraction of sp³-hybridized carbons (Fsp3) is 0.545. The number of hydrogen-bond donors (Lipinski definition) is 0. The van der Waals surface area contributed by atoms with Crippen molar-refractivity contribution in [3.05, 3.63) is 21.9 Å². The summed E-state index contributed by atoms with van der Waals surface area (Å²) in [6.45, 7) is 5.77. The number of Topliss-reactive ketones (excluding diaryl/α,β-unsaturated/α-hetero) is 1. The van der Waals surface area contributed by atoms with Crippen molar-refractivity contribution in [3.63, 3.8) is 0 Å². The average Bonchev–Trinajstić information content (AvgIpc) is 2.64. The topological polar surface area (TPSA) is 35.5 Å². The first kappa shape index (κ1) is 12.4. The van der Waals surface area contributed by atoms with E-state index in [2.05, 4.69) is 0 Å². The van der Waals surface area contributed by atoms with Crippen molar-refractivity contribution < 1.29 is 14.3 Å². The van der Waals surface area contributed by atoms with Crippen LogP contribution in [0, 0.1) is 6.92 Å². The van der Waals surface area contributed by atoms with Crippen molar-refractivity contribution in [2.24, 2.45) is 0 Å². The molecule has 1 aromatic rings. The minimum Gasteiger partial charge on any atom is -0.379 e. The van der Waals surface area contributed by atoms with Gasteiger partial charge in [-0.3, -0.25) is 4.79 Å². The Hall–Kier alpha value is -0.710. The number of ketones is 1. The Morgan fingerprint density at radius 1 is 1.33 bits per heavy atom. The second kappa shape index (κ2) is 6.71. The summed E-state index contributed by atoms with van der Waals surface area (Å²) in [5.74, 6) is 0.0459. The van der Waals surface area contributed by atoms with Crippen LogP contribution < -0.4 is 0 Å². The van der Waals surface area contributed by atoms with Crippen molar-refractivity contribution in [2.45, 2.75) is 13.8 Å².